The highest BCUT2D eigenvalue weighted by atomic mass is 32.1. The standard InChI is InChI=1S/C16H17N3O3S/c1-9(2)15(21)18-16-17-11(8-23-16)10-4-5-13-12(6-10)19(3)14(20)7-22-13/h4-6,8-9H,7H2,1-3H3,(H,17,18,21). The molecule has 1 aliphatic rings. The highest BCUT2D eigenvalue weighted by molar-refractivity contribution is 7.14. The normalized spacial score (nSPS) is 13.7. The van der Waals surface area contributed by atoms with E-state index < -0.39 is 0 Å². The van der Waals surface area contributed by atoms with Crippen LogP contribution in [0.25, 0.3) is 11.3 Å². The van der Waals surface area contributed by atoms with E-state index in [1.54, 1.807) is 11.9 Å². The lowest BCUT2D eigenvalue weighted by molar-refractivity contribution is -0.121. The minimum atomic E-state index is -0.0945. The number of hydrogen-bond donors (Lipinski definition) is 1. The second kappa shape index (κ2) is 6.00. The zero-order valence-corrected chi connectivity index (χ0v) is 13.9. The maximum Gasteiger partial charge on any atom is 0.264 e. The molecule has 1 N–H and O–H groups in total. The molecule has 2 heterocycles. The van der Waals surface area contributed by atoms with E-state index >= 15 is 0 Å². The van der Waals surface area contributed by atoms with Crippen LogP contribution in [-0.2, 0) is 9.59 Å². The number of aromatic nitrogens is 1. The van der Waals surface area contributed by atoms with Gasteiger partial charge < -0.3 is 15.0 Å². The van der Waals surface area contributed by atoms with E-state index in [4.69, 9.17) is 4.74 Å². The van der Waals surface area contributed by atoms with Crippen LogP contribution in [0.15, 0.2) is 23.6 Å². The van der Waals surface area contributed by atoms with E-state index in [9.17, 15) is 9.59 Å². The molecule has 7 heteroatoms. The second-order valence-electron chi connectivity index (χ2n) is 5.61. The second-order valence-corrected chi connectivity index (χ2v) is 6.46. The molecule has 0 saturated heterocycles. The monoisotopic (exact) mass is 331 g/mol. The molecule has 1 aromatic carbocycles. The number of anilines is 2. The van der Waals surface area contributed by atoms with Crippen LogP contribution in [0.4, 0.5) is 10.8 Å². The molecule has 120 valence electrons. The van der Waals surface area contributed by atoms with Gasteiger partial charge in [0.1, 0.15) is 5.75 Å². The number of carbonyl (C=O) groups excluding carboxylic acids is 2. The Morgan fingerprint density at radius 2 is 2.22 bits per heavy atom. The summed E-state index contributed by atoms with van der Waals surface area (Å²) in [6, 6.07) is 5.60. The summed E-state index contributed by atoms with van der Waals surface area (Å²) in [6.45, 7) is 3.73. The van der Waals surface area contributed by atoms with Crippen molar-refractivity contribution in [2.45, 2.75) is 13.8 Å². The van der Waals surface area contributed by atoms with Crippen LogP contribution in [0, 0.1) is 5.92 Å². The highest BCUT2D eigenvalue weighted by Gasteiger charge is 2.23. The summed E-state index contributed by atoms with van der Waals surface area (Å²) < 4.78 is 5.42. The number of nitrogens with one attached hydrogen (secondary N) is 1. The van der Waals surface area contributed by atoms with Gasteiger partial charge in [0, 0.05) is 23.9 Å². The van der Waals surface area contributed by atoms with Crippen LogP contribution in [0.1, 0.15) is 13.8 Å². The van der Waals surface area contributed by atoms with Crippen molar-refractivity contribution in [3.05, 3.63) is 23.6 Å². The van der Waals surface area contributed by atoms with Gasteiger partial charge in [-0.05, 0) is 18.2 Å². The summed E-state index contributed by atoms with van der Waals surface area (Å²) in [5, 5.41) is 5.23. The molecule has 6 nitrogen and oxygen atoms in total. The van der Waals surface area contributed by atoms with Gasteiger partial charge in [0.2, 0.25) is 5.91 Å². The molecule has 0 bridgehead atoms. The van der Waals surface area contributed by atoms with Gasteiger partial charge in [-0.15, -0.1) is 11.3 Å². The summed E-state index contributed by atoms with van der Waals surface area (Å²) in [5.41, 5.74) is 2.35. The van der Waals surface area contributed by atoms with Crippen LogP contribution in [0.5, 0.6) is 5.75 Å². The number of nitrogens with zero attached hydrogens (tertiary/aromatic N) is 2. The van der Waals surface area contributed by atoms with Gasteiger partial charge in [0.05, 0.1) is 11.4 Å². The lowest BCUT2D eigenvalue weighted by atomic mass is 10.1. The number of ether oxygens (including phenoxy) is 1. The fourth-order valence-electron chi connectivity index (χ4n) is 2.15. The smallest absolute Gasteiger partial charge is 0.264 e. The molecule has 2 amide bonds. The van der Waals surface area contributed by atoms with Gasteiger partial charge in [-0.25, -0.2) is 4.98 Å². The quantitative estimate of drug-likeness (QED) is 0.939. The summed E-state index contributed by atoms with van der Waals surface area (Å²) in [6.07, 6.45) is 0. The fourth-order valence-corrected chi connectivity index (χ4v) is 2.87. The molecule has 0 spiro atoms. The summed E-state index contributed by atoms with van der Waals surface area (Å²) >= 11 is 1.37. The first-order valence-corrected chi connectivity index (χ1v) is 8.14. The third-order valence-electron chi connectivity index (χ3n) is 3.60. The van der Waals surface area contributed by atoms with Gasteiger partial charge in [0.25, 0.3) is 5.91 Å². The van der Waals surface area contributed by atoms with Crippen LogP contribution in [-0.4, -0.2) is 30.5 Å². The van der Waals surface area contributed by atoms with Gasteiger partial charge in [-0.2, -0.15) is 0 Å². The van der Waals surface area contributed by atoms with Gasteiger partial charge in [0.15, 0.2) is 11.7 Å². The number of likely N-dealkylation sites (N-methyl/N-ethyl adjacent to an activating group) is 1. The molecule has 0 saturated carbocycles. The van der Waals surface area contributed by atoms with E-state index in [0.717, 1.165) is 16.9 Å². The molecule has 0 aliphatic carbocycles. The number of fused-ring (bicyclic) bond motifs is 1. The van der Waals surface area contributed by atoms with Crippen LogP contribution < -0.4 is 15.0 Å². The van der Waals surface area contributed by atoms with Crippen molar-refractivity contribution in [1.29, 1.82) is 0 Å². The Balaban J connectivity index is 1.87. The molecule has 0 atom stereocenters. The topological polar surface area (TPSA) is 71.5 Å². The average molecular weight is 331 g/mol. The first-order valence-electron chi connectivity index (χ1n) is 7.26. The largest absolute Gasteiger partial charge is 0.482 e. The number of amides is 2. The summed E-state index contributed by atoms with van der Waals surface area (Å²) in [4.78, 5) is 29.5. The Morgan fingerprint density at radius 1 is 1.43 bits per heavy atom. The zero-order chi connectivity index (χ0) is 16.6. The number of carbonyl (C=O) groups is 2. The molecular weight excluding hydrogens is 314 g/mol. The third-order valence-corrected chi connectivity index (χ3v) is 4.36. The van der Waals surface area contributed by atoms with Crippen LogP contribution in [0.3, 0.4) is 0 Å². The van der Waals surface area contributed by atoms with Crippen molar-refractivity contribution >= 4 is 34.0 Å². The predicted molar refractivity (Wildman–Crippen MR) is 89.9 cm³/mol. The Morgan fingerprint density at radius 3 is 2.96 bits per heavy atom. The molecular formula is C16H17N3O3S. The van der Waals surface area contributed by atoms with E-state index in [-0.39, 0.29) is 24.3 Å². The van der Waals surface area contributed by atoms with Crippen molar-refractivity contribution < 1.29 is 14.3 Å². The molecule has 0 radical (unpaired) electrons. The maximum absolute atomic E-state index is 11.7. The minimum absolute atomic E-state index is 0.0601. The predicted octanol–water partition coefficient (Wildman–Crippen LogP) is 2.76. The lowest BCUT2D eigenvalue weighted by Gasteiger charge is -2.26. The van der Waals surface area contributed by atoms with Gasteiger partial charge >= 0.3 is 0 Å². The van der Waals surface area contributed by atoms with Crippen molar-refractivity contribution in [1.82, 2.24) is 4.98 Å². The van der Waals surface area contributed by atoms with Gasteiger partial charge in [-0.3, -0.25) is 9.59 Å². The number of rotatable bonds is 3. The Labute approximate surface area is 138 Å². The van der Waals surface area contributed by atoms with E-state index in [1.807, 2.05) is 37.4 Å². The Bertz CT molecular complexity index is 770. The van der Waals surface area contributed by atoms with Crippen LogP contribution >= 0.6 is 11.3 Å². The highest BCUT2D eigenvalue weighted by Crippen LogP contribution is 2.36. The van der Waals surface area contributed by atoms with E-state index in [0.29, 0.717) is 10.9 Å². The van der Waals surface area contributed by atoms with E-state index in [1.165, 1.54) is 11.3 Å². The molecule has 23 heavy (non-hydrogen) atoms. The maximum atomic E-state index is 11.7. The van der Waals surface area contributed by atoms with Crippen molar-refractivity contribution in [3.8, 4) is 17.0 Å². The first kappa shape index (κ1) is 15.5. The van der Waals surface area contributed by atoms with Crippen LogP contribution in [0.2, 0.25) is 0 Å². The molecule has 3 rings (SSSR count). The van der Waals surface area contributed by atoms with Crippen molar-refractivity contribution in [3.63, 3.8) is 0 Å². The molecule has 1 aromatic heterocycles. The Kier molecular flexibility index (Phi) is 4.04. The first-order chi connectivity index (χ1) is 11.0. The minimum Gasteiger partial charge on any atom is -0.482 e. The molecule has 2 aromatic rings. The Hall–Kier alpha value is -2.41. The van der Waals surface area contributed by atoms with Crippen molar-refractivity contribution in [2.24, 2.45) is 5.92 Å². The zero-order valence-electron chi connectivity index (χ0n) is 13.1. The number of thiazole rings is 1. The fraction of sp³-hybridized carbons (Fsp3) is 0.312. The summed E-state index contributed by atoms with van der Waals surface area (Å²) in [5.74, 6) is 0.440. The molecule has 0 fully saturated rings. The SMILES string of the molecule is CC(C)C(=O)Nc1nc(-c2ccc3c(c2)N(C)C(=O)CO3)cs1. The molecule has 1 aliphatic heterocycles. The van der Waals surface area contributed by atoms with Gasteiger partial charge in [-0.1, -0.05) is 13.8 Å². The lowest BCUT2D eigenvalue weighted by Crippen LogP contribution is -2.35. The number of benzene rings is 1. The number of hydrogen-bond acceptors (Lipinski definition) is 5. The van der Waals surface area contributed by atoms with E-state index in [2.05, 4.69) is 10.3 Å². The summed E-state index contributed by atoms with van der Waals surface area (Å²) in [7, 11) is 1.73. The van der Waals surface area contributed by atoms with Crippen molar-refractivity contribution in [2.75, 3.05) is 23.9 Å². The molecule has 0 unspecified atom stereocenters. The third kappa shape index (κ3) is 3.05. The average Bonchev–Trinajstić information content (AvgIpc) is 2.99.